The number of carbonyl (C=O) groups excluding carboxylic acids is 1. The fourth-order valence-corrected chi connectivity index (χ4v) is 3.26. The zero-order valence-electron chi connectivity index (χ0n) is 16.4. The maximum absolute atomic E-state index is 13.1. The molecule has 0 spiro atoms. The summed E-state index contributed by atoms with van der Waals surface area (Å²) in [6.07, 6.45) is 0.546. The van der Waals surface area contributed by atoms with Crippen molar-refractivity contribution in [2.45, 2.75) is 40.2 Å². The smallest absolute Gasteiger partial charge is 0.274 e. The minimum Gasteiger partial charge on any atom is -0.300 e. The largest absolute Gasteiger partial charge is 0.300 e. The van der Waals surface area contributed by atoms with Crippen LogP contribution in [-0.2, 0) is 11.2 Å². The standard InChI is InChI=1S/C21H24N4O2/c1-6-17-21(27)25(14(3)16-10-8-7-9-13(16)2)20-18(22-17)11-12-19(23-20)24(5)15(4)26/h7-12,14H,6H2,1-5H3/t14-/m0/s1. The third-order valence-electron chi connectivity index (χ3n) is 4.97. The van der Waals surface area contributed by atoms with Gasteiger partial charge in [0.25, 0.3) is 5.56 Å². The monoisotopic (exact) mass is 364 g/mol. The Labute approximate surface area is 158 Å². The maximum atomic E-state index is 13.1. The van der Waals surface area contributed by atoms with E-state index in [2.05, 4.69) is 9.97 Å². The van der Waals surface area contributed by atoms with Crippen LogP contribution >= 0.6 is 0 Å². The van der Waals surface area contributed by atoms with E-state index in [4.69, 9.17) is 0 Å². The van der Waals surface area contributed by atoms with Crippen molar-refractivity contribution in [3.8, 4) is 0 Å². The fourth-order valence-electron chi connectivity index (χ4n) is 3.26. The van der Waals surface area contributed by atoms with E-state index in [1.54, 1.807) is 17.7 Å². The molecule has 140 valence electrons. The second kappa shape index (κ2) is 7.31. The molecule has 1 amide bonds. The minimum atomic E-state index is -0.208. The van der Waals surface area contributed by atoms with Crippen molar-refractivity contribution in [3.63, 3.8) is 0 Å². The molecular formula is C21H24N4O2. The average molecular weight is 364 g/mol. The van der Waals surface area contributed by atoms with Gasteiger partial charge in [-0.25, -0.2) is 9.97 Å². The van der Waals surface area contributed by atoms with E-state index in [0.717, 1.165) is 11.1 Å². The van der Waals surface area contributed by atoms with Crippen molar-refractivity contribution in [2.75, 3.05) is 11.9 Å². The SMILES string of the molecule is CCc1nc2ccc(N(C)C(C)=O)nc2n([C@@H](C)c2ccccc2C)c1=O. The first kappa shape index (κ1) is 18.8. The summed E-state index contributed by atoms with van der Waals surface area (Å²) < 4.78 is 1.70. The second-order valence-corrected chi connectivity index (χ2v) is 6.71. The Hall–Kier alpha value is -3.02. The molecule has 3 aromatic rings. The van der Waals surface area contributed by atoms with Gasteiger partial charge >= 0.3 is 0 Å². The van der Waals surface area contributed by atoms with E-state index >= 15 is 0 Å². The number of aromatic nitrogens is 3. The Kier molecular flexibility index (Phi) is 5.08. The molecule has 3 rings (SSSR count). The van der Waals surface area contributed by atoms with Crippen LogP contribution in [0.1, 0.15) is 43.6 Å². The number of aryl methyl sites for hydroxylation is 2. The molecule has 0 aliphatic heterocycles. The molecule has 0 fully saturated rings. The van der Waals surface area contributed by atoms with Gasteiger partial charge in [0.2, 0.25) is 5.91 Å². The van der Waals surface area contributed by atoms with E-state index in [1.165, 1.54) is 11.8 Å². The Bertz CT molecular complexity index is 1070. The fraction of sp³-hybridized carbons (Fsp3) is 0.333. The molecule has 1 aromatic carbocycles. The van der Waals surface area contributed by atoms with Gasteiger partial charge in [-0.3, -0.25) is 14.2 Å². The average Bonchev–Trinajstić information content (AvgIpc) is 2.66. The molecule has 0 aliphatic carbocycles. The number of pyridine rings is 1. The van der Waals surface area contributed by atoms with Gasteiger partial charge in [-0.1, -0.05) is 31.2 Å². The normalized spacial score (nSPS) is 12.2. The summed E-state index contributed by atoms with van der Waals surface area (Å²) in [5.41, 5.74) is 3.66. The first-order valence-electron chi connectivity index (χ1n) is 9.07. The van der Waals surface area contributed by atoms with Gasteiger partial charge in [0, 0.05) is 14.0 Å². The lowest BCUT2D eigenvalue weighted by Crippen LogP contribution is -2.30. The lowest BCUT2D eigenvalue weighted by molar-refractivity contribution is -0.116. The van der Waals surface area contributed by atoms with Crippen LogP contribution in [0.4, 0.5) is 5.82 Å². The highest BCUT2D eigenvalue weighted by atomic mass is 16.2. The summed E-state index contributed by atoms with van der Waals surface area (Å²) in [5.74, 6) is 0.368. The first-order chi connectivity index (χ1) is 12.8. The number of carbonyl (C=O) groups is 1. The molecule has 27 heavy (non-hydrogen) atoms. The summed E-state index contributed by atoms with van der Waals surface area (Å²) in [7, 11) is 1.66. The number of benzene rings is 1. The third-order valence-corrected chi connectivity index (χ3v) is 4.97. The van der Waals surface area contributed by atoms with Crippen LogP contribution in [-0.4, -0.2) is 27.5 Å². The highest BCUT2D eigenvalue weighted by Gasteiger charge is 2.20. The van der Waals surface area contributed by atoms with Crippen molar-refractivity contribution in [3.05, 3.63) is 63.6 Å². The summed E-state index contributed by atoms with van der Waals surface area (Å²) in [6.45, 7) is 7.42. The molecule has 0 saturated heterocycles. The quantitative estimate of drug-likeness (QED) is 0.713. The Balaban J connectivity index is 2.32. The second-order valence-electron chi connectivity index (χ2n) is 6.71. The maximum Gasteiger partial charge on any atom is 0.274 e. The van der Waals surface area contributed by atoms with E-state index in [9.17, 15) is 9.59 Å². The van der Waals surface area contributed by atoms with E-state index in [1.807, 2.05) is 51.1 Å². The summed E-state index contributed by atoms with van der Waals surface area (Å²) in [6, 6.07) is 11.4. The van der Waals surface area contributed by atoms with Gasteiger partial charge in [0.1, 0.15) is 17.0 Å². The van der Waals surface area contributed by atoms with Crippen molar-refractivity contribution in [2.24, 2.45) is 0 Å². The Morgan fingerprint density at radius 3 is 2.52 bits per heavy atom. The molecule has 0 unspecified atom stereocenters. The van der Waals surface area contributed by atoms with Crippen LogP contribution in [0, 0.1) is 6.92 Å². The van der Waals surface area contributed by atoms with Crippen LogP contribution in [0.15, 0.2) is 41.2 Å². The van der Waals surface area contributed by atoms with E-state index in [-0.39, 0.29) is 17.5 Å². The molecule has 0 saturated carbocycles. The van der Waals surface area contributed by atoms with Gasteiger partial charge in [0.05, 0.1) is 6.04 Å². The molecule has 0 N–H and O–H groups in total. The van der Waals surface area contributed by atoms with Crippen LogP contribution in [0.5, 0.6) is 0 Å². The highest BCUT2D eigenvalue weighted by molar-refractivity contribution is 5.90. The molecule has 6 nitrogen and oxygen atoms in total. The Morgan fingerprint density at radius 1 is 1.19 bits per heavy atom. The van der Waals surface area contributed by atoms with Gasteiger partial charge < -0.3 is 4.90 Å². The molecule has 0 aliphatic rings. The first-order valence-corrected chi connectivity index (χ1v) is 9.07. The van der Waals surface area contributed by atoms with Gasteiger partial charge in [-0.05, 0) is 43.5 Å². The molecular weight excluding hydrogens is 340 g/mol. The number of amides is 1. The number of fused-ring (bicyclic) bond motifs is 1. The molecule has 6 heteroatoms. The van der Waals surface area contributed by atoms with E-state index < -0.39 is 0 Å². The Morgan fingerprint density at radius 2 is 1.89 bits per heavy atom. The molecule has 0 radical (unpaired) electrons. The number of nitrogens with zero attached hydrogens (tertiary/aromatic N) is 4. The highest BCUT2D eigenvalue weighted by Crippen LogP contribution is 2.24. The zero-order chi connectivity index (χ0) is 19.7. The summed E-state index contributed by atoms with van der Waals surface area (Å²) >= 11 is 0. The number of hydrogen-bond donors (Lipinski definition) is 0. The minimum absolute atomic E-state index is 0.124. The summed E-state index contributed by atoms with van der Waals surface area (Å²) in [5, 5.41) is 0. The summed E-state index contributed by atoms with van der Waals surface area (Å²) in [4.78, 5) is 35.4. The van der Waals surface area contributed by atoms with Crippen LogP contribution in [0.2, 0.25) is 0 Å². The van der Waals surface area contributed by atoms with Crippen LogP contribution < -0.4 is 10.5 Å². The molecule has 2 aromatic heterocycles. The van der Waals surface area contributed by atoms with Gasteiger partial charge in [-0.15, -0.1) is 0 Å². The number of anilines is 1. The molecule has 2 heterocycles. The predicted octanol–water partition coefficient (Wildman–Crippen LogP) is 3.25. The predicted molar refractivity (Wildman–Crippen MR) is 107 cm³/mol. The lowest BCUT2D eigenvalue weighted by atomic mass is 10.0. The van der Waals surface area contributed by atoms with Crippen LogP contribution in [0.3, 0.4) is 0 Å². The lowest BCUT2D eigenvalue weighted by Gasteiger charge is -2.21. The van der Waals surface area contributed by atoms with Crippen molar-refractivity contribution < 1.29 is 4.79 Å². The number of hydrogen-bond acceptors (Lipinski definition) is 4. The van der Waals surface area contributed by atoms with Crippen molar-refractivity contribution >= 4 is 22.9 Å². The van der Waals surface area contributed by atoms with Gasteiger partial charge in [-0.2, -0.15) is 0 Å². The van der Waals surface area contributed by atoms with Gasteiger partial charge in [0.15, 0.2) is 5.65 Å². The molecule has 1 atom stereocenters. The third kappa shape index (κ3) is 3.35. The van der Waals surface area contributed by atoms with Crippen molar-refractivity contribution in [1.82, 2.24) is 14.5 Å². The van der Waals surface area contributed by atoms with Crippen molar-refractivity contribution in [1.29, 1.82) is 0 Å². The van der Waals surface area contributed by atoms with Crippen LogP contribution in [0.25, 0.3) is 11.2 Å². The zero-order valence-corrected chi connectivity index (χ0v) is 16.4. The number of rotatable bonds is 4. The topological polar surface area (TPSA) is 68.1 Å². The molecule has 0 bridgehead atoms. The van der Waals surface area contributed by atoms with E-state index in [0.29, 0.717) is 29.1 Å².